The third kappa shape index (κ3) is 3.03. The number of rotatable bonds is 5. The number of hydrogen-bond acceptors (Lipinski definition) is 4. The summed E-state index contributed by atoms with van der Waals surface area (Å²) in [5.41, 5.74) is 2.49. The van der Waals surface area contributed by atoms with Gasteiger partial charge in [-0.25, -0.2) is 9.48 Å². The molecule has 116 valence electrons. The van der Waals surface area contributed by atoms with Crippen LogP contribution in [0.1, 0.15) is 60.3 Å². The summed E-state index contributed by atoms with van der Waals surface area (Å²) in [4.78, 5) is 12.1. The molecule has 0 bridgehead atoms. The second-order valence-corrected chi connectivity index (χ2v) is 5.67. The van der Waals surface area contributed by atoms with E-state index in [0.29, 0.717) is 24.8 Å². The molecule has 0 radical (unpaired) electrons. The highest BCUT2D eigenvalue weighted by atomic mass is 16.5. The van der Waals surface area contributed by atoms with Crippen LogP contribution in [0.5, 0.6) is 0 Å². The van der Waals surface area contributed by atoms with E-state index in [1.807, 2.05) is 29.8 Å². The van der Waals surface area contributed by atoms with E-state index >= 15 is 0 Å². The molecule has 2 aromatic rings. The fourth-order valence-electron chi connectivity index (χ4n) is 3.14. The fourth-order valence-corrected chi connectivity index (χ4v) is 3.14. The van der Waals surface area contributed by atoms with Crippen LogP contribution in [0.3, 0.4) is 0 Å². The Morgan fingerprint density at radius 1 is 1.27 bits per heavy atom. The van der Waals surface area contributed by atoms with Gasteiger partial charge in [0.1, 0.15) is 0 Å². The Kier molecular flexibility index (Phi) is 4.51. The van der Waals surface area contributed by atoms with Crippen molar-refractivity contribution in [1.29, 1.82) is 0 Å². The van der Waals surface area contributed by atoms with Crippen molar-refractivity contribution in [2.24, 2.45) is 0 Å². The van der Waals surface area contributed by atoms with Gasteiger partial charge in [0.15, 0.2) is 5.69 Å². The predicted molar refractivity (Wildman–Crippen MR) is 82.7 cm³/mol. The Labute approximate surface area is 130 Å². The summed E-state index contributed by atoms with van der Waals surface area (Å²) in [7, 11) is 0. The molecule has 3 rings (SSSR count). The first kappa shape index (κ1) is 14.8. The molecule has 1 heterocycles. The van der Waals surface area contributed by atoms with Crippen molar-refractivity contribution in [2.45, 2.75) is 45.1 Å². The van der Waals surface area contributed by atoms with Crippen molar-refractivity contribution in [3.63, 3.8) is 0 Å². The Bertz CT molecular complexity index is 631. The number of aromatic nitrogens is 3. The van der Waals surface area contributed by atoms with Gasteiger partial charge in [-0.2, -0.15) is 0 Å². The summed E-state index contributed by atoms with van der Waals surface area (Å²) < 4.78 is 7.01. The van der Waals surface area contributed by atoms with Gasteiger partial charge in [-0.15, -0.1) is 5.10 Å². The number of carbonyl (C=O) groups excluding carboxylic acids is 1. The minimum Gasteiger partial charge on any atom is -0.461 e. The van der Waals surface area contributed by atoms with Crippen molar-refractivity contribution < 1.29 is 9.53 Å². The van der Waals surface area contributed by atoms with E-state index in [0.717, 1.165) is 24.1 Å². The zero-order chi connectivity index (χ0) is 15.4. The van der Waals surface area contributed by atoms with E-state index in [2.05, 4.69) is 22.4 Å². The van der Waals surface area contributed by atoms with Gasteiger partial charge in [0.25, 0.3) is 0 Å². The molecule has 0 N–H and O–H groups in total. The highest BCUT2D eigenvalue weighted by Gasteiger charge is 2.29. The monoisotopic (exact) mass is 299 g/mol. The van der Waals surface area contributed by atoms with Gasteiger partial charge in [0, 0.05) is 5.92 Å². The molecule has 1 aliphatic rings. The summed E-state index contributed by atoms with van der Waals surface area (Å²) in [6.07, 6.45) is 4.58. The van der Waals surface area contributed by atoms with Crippen molar-refractivity contribution in [1.82, 2.24) is 15.0 Å². The second-order valence-electron chi connectivity index (χ2n) is 5.67. The van der Waals surface area contributed by atoms with Crippen LogP contribution in [0.4, 0.5) is 0 Å². The average molecular weight is 299 g/mol. The van der Waals surface area contributed by atoms with Gasteiger partial charge in [-0.05, 0) is 25.3 Å². The Morgan fingerprint density at radius 2 is 2.00 bits per heavy atom. The maximum atomic E-state index is 12.1. The molecular formula is C17H21N3O2. The SMILES string of the molecule is CCOC(=O)c1nnn(Cc2ccccc2)c1C1CCCC1. The van der Waals surface area contributed by atoms with Gasteiger partial charge in [-0.1, -0.05) is 48.4 Å². The summed E-state index contributed by atoms with van der Waals surface area (Å²) in [6, 6.07) is 10.1. The van der Waals surface area contributed by atoms with E-state index in [1.54, 1.807) is 0 Å². The molecular weight excluding hydrogens is 278 g/mol. The lowest BCUT2D eigenvalue weighted by Gasteiger charge is -2.13. The van der Waals surface area contributed by atoms with Gasteiger partial charge < -0.3 is 4.74 Å². The number of ether oxygens (including phenoxy) is 1. The largest absolute Gasteiger partial charge is 0.461 e. The minimum absolute atomic E-state index is 0.356. The zero-order valence-corrected chi connectivity index (χ0v) is 12.9. The fraction of sp³-hybridized carbons (Fsp3) is 0.471. The molecule has 0 atom stereocenters. The Morgan fingerprint density at radius 3 is 2.68 bits per heavy atom. The van der Waals surface area contributed by atoms with Crippen LogP contribution in [0, 0.1) is 0 Å². The summed E-state index contributed by atoms with van der Waals surface area (Å²) in [6.45, 7) is 2.80. The smallest absolute Gasteiger partial charge is 0.360 e. The molecule has 0 amide bonds. The molecule has 0 aliphatic heterocycles. The topological polar surface area (TPSA) is 57.0 Å². The Hall–Kier alpha value is -2.17. The number of hydrogen-bond donors (Lipinski definition) is 0. The van der Waals surface area contributed by atoms with Crippen LogP contribution >= 0.6 is 0 Å². The van der Waals surface area contributed by atoms with Gasteiger partial charge >= 0.3 is 5.97 Å². The number of carbonyl (C=O) groups is 1. The van der Waals surface area contributed by atoms with E-state index in [-0.39, 0.29) is 5.97 Å². The number of nitrogens with zero attached hydrogens (tertiary/aromatic N) is 3. The molecule has 1 saturated carbocycles. The number of esters is 1. The molecule has 0 saturated heterocycles. The molecule has 0 spiro atoms. The standard InChI is InChI=1S/C17H21N3O2/c1-2-22-17(21)15-16(14-10-6-7-11-14)20(19-18-15)12-13-8-4-3-5-9-13/h3-5,8-9,14H,2,6-7,10-12H2,1H3. The molecule has 1 fully saturated rings. The van der Waals surface area contributed by atoms with Crippen molar-refractivity contribution >= 4 is 5.97 Å². The third-order valence-electron chi connectivity index (χ3n) is 4.16. The lowest BCUT2D eigenvalue weighted by Crippen LogP contribution is -2.14. The molecule has 1 aromatic carbocycles. The Balaban J connectivity index is 1.93. The first-order chi connectivity index (χ1) is 10.8. The van der Waals surface area contributed by atoms with E-state index in [4.69, 9.17) is 4.74 Å². The summed E-state index contributed by atoms with van der Waals surface area (Å²) in [5, 5.41) is 8.34. The molecule has 5 nitrogen and oxygen atoms in total. The third-order valence-corrected chi connectivity index (χ3v) is 4.16. The normalized spacial score (nSPS) is 15.1. The minimum atomic E-state index is -0.358. The molecule has 1 aromatic heterocycles. The zero-order valence-electron chi connectivity index (χ0n) is 12.9. The van der Waals surface area contributed by atoms with Crippen molar-refractivity contribution in [2.75, 3.05) is 6.61 Å². The lowest BCUT2D eigenvalue weighted by molar-refractivity contribution is 0.0517. The predicted octanol–water partition coefficient (Wildman–Crippen LogP) is 3.16. The van der Waals surface area contributed by atoms with E-state index in [9.17, 15) is 4.79 Å². The average Bonchev–Trinajstić information content (AvgIpc) is 3.17. The van der Waals surface area contributed by atoms with Crippen LogP contribution in [0.25, 0.3) is 0 Å². The highest BCUT2D eigenvalue weighted by molar-refractivity contribution is 5.88. The first-order valence-electron chi connectivity index (χ1n) is 7.94. The molecule has 22 heavy (non-hydrogen) atoms. The quantitative estimate of drug-likeness (QED) is 0.796. The van der Waals surface area contributed by atoms with E-state index in [1.165, 1.54) is 12.8 Å². The summed E-state index contributed by atoms with van der Waals surface area (Å²) >= 11 is 0. The molecule has 0 unspecified atom stereocenters. The van der Waals surface area contributed by atoms with Gasteiger partial charge in [-0.3, -0.25) is 0 Å². The second kappa shape index (κ2) is 6.73. The van der Waals surface area contributed by atoms with Gasteiger partial charge in [0.05, 0.1) is 18.8 Å². The highest BCUT2D eigenvalue weighted by Crippen LogP contribution is 2.35. The molecule has 5 heteroatoms. The van der Waals surface area contributed by atoms with Crippen LogP contribution in [-0.2, 0) is 11.3 Å². The summed E-state index contributed by atoms with van der Waals surface area (Å²) in [5.74, 6) is 0.00169. The maximum Gasteiger partial charge on any atom is 0.360 e. The van der Waals surface area contributed by atoms with Crippen LogP contribution in [0.2, 0.25) is 0 Å². The number of benzene rings is 1. The van der Waals surface area contributed by atoms with Crippen LogP contribution < -0.4 is 0 Å². The van der Waals surface area contributed by atoms with Crippen LogP contribution in [-0.4, -0.2) is 27.6 Å². The lowest BCUT2D eigenvalue weighted by atomic mass is 10.0. The van der Waals surface area contributed by atoms with Gasteiger partial charge in [0.2, 0.25) is 0 Å². The first-order valence-corrected chi connectivity index (χ1v) is 7.94. The van der Waals surface area contributed by atoms with Crippen molar-refractivity contribution in [3.05, 3.63) is 47.3 Å². The van der Waals surface area contributed by atoms with Crippen molar-refractivity contribution in [3.8, 4) is 0 Å². The van der Waals surface area contributed by atoms with E-state index < -0.39 is 0 Å². The van der Waals surface area contributed by atoms with Crippen LogP contribution in [0.15, 0.2) is 30.3 Å². The molecule has 1 aliphatic carbocycles. The maximum absolute atomic E-state index is 12.1.